The second-order valence-corrected chi connectivity index (χ2v) is 9.97. The quantitative estimate of drug-likeness (QED) is 0.161. The number of benzene rings is 3. The third kappa shape index (κ3) is 9.58. The number of amides is 1. The monoisotopic (exact) mass is 595 g/mol. The molecule has 3 aromatic carbocycles. The Morgan fingerprint density at radius 2 is 1.60 bits per heavy atom. The molecule has 1 aliphatic rings. The minimum Gasteiger partial charge on any atom is -0.484 e. The predicted molar refractivity (Wildman–Crippen MR) is 155 cm³/mol. The molecule has 43 heavy (non-hydrogen) atoms. The summed E-state index contributed by atoms with van der Waals surface area (Å²) in [6, 6.07) is 23.9. The number of aliphatic hydroxyl groups is 3. The lowest BCUT2D eigenvalue weighted by atomic mass is 10.0. The van der Waals surface area contributed by atoms with Gasteiger partial charge in [0.15, 0.2) is 12.9 Å². The van der Waals surface area contributed by atoms with Crippen LogP contribution >= 0.6 is 0 Å². The molecule has 4 rings (SSSR count). The van der Waals surface area contributed by atoms with Gasteiger partial charge in [-0.25, -0.2) is 4.79 Å². The molecular formula is C32H37NO10. The second kappa shape index (κ2) is 16.1. The van der Waals surface area contributed by atoms with Crippen molar-refractivity contribution >= 4 is 11.9 Å². The standard InChI is InChI=1S/C32H37NO10/c1-21-28(35)29(36)30(37)32(43-21)40-17-16-39-15-14-33-27(34)20-41-26-12-10-23(11-13-26)24-8-5-9-25(18-24)31(38)42-19-22-6-3-2-4-7-22/h2-13,18,21,28-30,32,35-37H,14-17,19-20H2,1H3,(H,33,34)/t21-,28-,29+,30+,32+/m0/s1. The van der Waals surface area contributed by atoms with Crippen LogP contribution in [0.15, 0.2) is 78.9 Å². The summed E-state index contributed by atoms with van der Waals surface area (Å²) in [6.45, 7) is 2.36. The van der Waals surface area contributed by atoms with E-state index in [1.807, 2.05) is 48.5 Å². The molecule has 0 aromatic heterocycles. The maximum Gasteiger partial charge on any atom is 0.338 e. The number of hydrogen-bond acceptors (Lipinski definition) is 10. The highest BCUT2D eigenvalue weighted by Gasteiger charge is 2.42. The van der Waals surface area contributed by atoms with Crippen molar-refractivity contribution in [3.8, 4) is 16.9 Å². The minimum atomic E-state index is -1.37. The Hall–Kier alpha value is -3.84. The molecule has 1 amide bonds. The van der Waals surface area contributed by atoms with Gasteiger partial charge in [0, 0.05) is 6.54 Å². The molecule has 0 spiro atoms. The topological polar surface area (TPSA) is 153 Å². The minimum absolute atomic E-state index is 0.0902. The number of carbonyl (C=O) groups is 2. The highest BCUT2D eigenvalue weighted by Crippen LogP contribution is 2.24. The highest BCUT2D eigenvalue weighted by atomic mass is 16.7. The third-order valence-electron chi connectivity index (χ3n) is 6.76. The zero-order chi connectivity index (χ0) is 30.6. The Bertz CT molecular complexity index is 1300. The van der Waals surface area contributed by atoms with Crippen LogP contribution in [0.4, 0.5) is 0 Å². The predicted octanol–water partition coefficient (Wildman–Crippen LogP) is 2.07. The lowest BCUT2D eigenvalue weighted by molar-refractivity contribution is -0.294. The number of hydrogen-bond donors (Lipinski definition) is 4. The number of carbonyl (C=O) groups excluding carboxylic acids is 2. The summed E-state index contributed by atoms with van der Waals surface area (Å²) >= 11 is 0. The molecule has 1 heterocycles. The van der Waals surface area contributed by atoms with Crippen molar-refractivity contribution in [3.63, 3.8) is 0 Å². The summed E-state index contributed by atoms with van der Waals surface area (Å²) in [5.74, 6) is -0.197. The number of nitrogens with one attached hydrogen (secondary N) is 1. The molecule has 0 aliphatic carbocycles. The van der Waals surface area contributed by atoms with Crippen molar-refractivity contribution in [2.75, 3.05) is 33.0 Å². The first-order chi connectivity index (χ1) is 20.8. The number of rotatable bonds is 14. The first kappa shape index (κ1) is 32.1. The van der Waals surface area contributed by atoms with Crippen molar-refractivity contribution in [1.82, 2.24) is 5.32 Å². The molecule has 5 atom stereocenters. The van der Waals surface area contributed by atoms with Gasteiger partial charge < -0.3 is 44.3 Å². The maximum atomic E-state index is 12.5. The smallest absolute Gasteiger partial charge is 0.338 e. The van der Waals surface area contributed by atoms with Crippen LogP contribution in [0.2, 0.25) is 0 Å². The van der Waals surface area contributed by atoms with Gasteiger partial charge in [0.05, 0.1) is 31.5 Å². The van der Waals surface area contributed by atoms with Crippen LogP contribution in [0.5, 0.6) is 5.75 Å². The summed E-state index contributed by atoms with van der Waals surface area (Å²) in [4.78, 5) is 24.6. The number of esters is 1. The summed E-state index contributed by atoms with van der Waals surface area (Å²) in [5, 5.41) is 32.1. The highest BCUT2D eigenvalue weighted by molar-refractivity contribution is 5.91. The van der Waals surface area contributed by atoms with E-state index in [4.69, 9.17) is 23.7 Å². The van der Waals surface area contributed by atoms with Crippen molar-refractivity contribution in [1.29, 1.82) is 0 Å². The van der Waals surface area contributed by atoms with Crippen LogP contribution in [0.25, 0.3) is 11.1 Å². The van der Waals surface area contributed by atoms with E-state index < -0.39 is 36.7 Å². The van der Waals surface area contributed by atoms with Crippen molar-refractivity contribution < 1.29 is 48.6 Å². The molecule has 3 aromatic rings. The van der Waals surface area contributed by atoms with Crippen molar-refractivity contribution in [2.45, 2.75) is 44.2 Å². The molecule has 0 saturated carbocycles. The van der Waals surface area contributed by atoms with Gasteiger partial charge in [0.25, 0.3) is 5.91 Å². The summed E-state index contributed by atoms with van der Waals surface area (Å²) in [5.41, 5.74) is 3.09. The number of aliphatic hydroxyl groups excluding tert-OH is 3. The Labute approximate surface area is 249 Å². The van der Waals surface area contributed by atoms with E-state index in [2.05, 4.69) is 5.32 Å². The molecule has 0 bridgehead atoms. The summed E-state index contributed by atoms with van der Waals surface area (Å²) in [6.07, 6.45) is -5.66. The van der Waals surface area contributed by atoms with Crippen molar-refractivity contribution in [2.24, 2.45) is 0 Å². The van der Waals surface area contributed by atoms with Crippen LogP contribution in [0.3, 0.4) is 0 Å². The lowest BCUT2D eigenvalue weighted by Gasteiger charge is -2.38. The Morgan fingerprint density at radius 1 is 0.837 bits per heavy atom. The molecule has 1 fully saturated rings. The van der Waals surface area contributed by atoms with Crippen LogP contribution in [-0.2, 0) is 30.3 Å². The molecular weight excluding hydrogens is 558 g/mol. The first-order valence-electron chi connectivity index (χ1n) is 14.0. The van der Waals surface area contributed by atoms with Gasteiger partial charge in [-0.2, -0.15) is 0 Å². The first-order valence-corrected chi connectivity index (χ1v) is 14.0. The summed E-state index contributed by atoms with van der Waals surface area (Å²) in [7, 11) is 0. The van der Waals surface area contributed by atoms with E-state index in [0.29, 0.717) is 11.3 Å². The zero-order valence-electron chi connectivity index (χ0n) is 23.8. The molecule has 11 heteroatoms. The Balaban J connectivity index is 1.11. The van der Waals surface area contributed by atoms with Gasteiger partial charge in [0.2, 0.25) is 0 Å². The second-order valence-electron chi connectivity index (χ2n) is 9.97. The average molecular weight is 596 g/mol. The molecule has 11 nitrogen and oxygen atoms in total. The SMILES string of the molecule is C[C@@H]1O[C@@H](OCCOCCNC(=O)COc2ccc(-c3cccc(C(=O)OCc4ccccc4)c3)cc2)[C@H](O)[C@H](O)[C@H]1O. The van der Waals surface area contributed by atoms with Crippen LogP contribution in [-0.4, -0.2) is 90.9 Å². The van der Waals surface area contributed by atoms with Crippen molar-refractivity contribution in [3.05, 3.63) is 90.0 Å². The fraction of sp³-hybridized carbons (Fsp3) is 0.375. The molecule has 4 N–H and O–H groups in total. The maximum absolute atomic E-state index is 12.5. The molecule has 1 saturated heterocycles. The van der Waals surface area contributed by atoms with Gasteiger partial charge in [0.1, 0.15) is 30.7 Å². The normalized spacial score (nSPS) is 21.6. The van der Waals surface area contributed by atoms with Gasteiger partial charge in [-0.1, -0.05) is 54.6 Å². The van der Waals surface area contributed by atoms with Gasteiger partial charge in [-0.05, 0) is 47.9 Å². The van der Waals surface area contributed by atoms with E-state index >= 15 is 0 Å². The van der Waals surface area contributed by atoms with E-state index in [0.717, 1.165) is 16.7 Å². The fourth-order valence-corrected chi connectivity index (χ4v) is 4.31. The number of ether oxygens (including phenoxy) is 5. The molecule has 0 unspecified atom stereocenters. The van der Waals surface area contributed by atoms with Gasteiger partial charge in [-0.3, -0.25) is 4.79 Å². The molecule has 0 radical (unpaired) electrons. The Kier molecular flexibility index (Phi) is 12.0. The van der Waals surface area contributed by atoms with E-state index in [9.17, 15) is 24.9 Å². The third-order valence-corrected chi connectivity index (χ3v) is 6.76. The molecule has 230 valence electrons. The van der Waals surface area contributed by atoms with Gasteiger partial charge in [-0.15, -0.1) is 0 Å². The Morgan fingerprint density at radius 3 is 2.37 bits per heavy atom. The van der Waals surface area contributed by atoms with Crippen LogP contribution in [0, 0.1) is 0 Å². The average Bonchev–Trinajstić information content (AvgIpc) is 3.04. The fourth-order valence-electron chi connectivity index (χ4n) is 4.31. The van der Waals surface area contributed by atoms with E-state index in [1.165, 1.54) is 0 Å². The largest absolute Gasteiger partial charge is 0.484 e. The van der Waals surface area contributed by atoms with E-state index in [-0.39, 0.29) is 45.5 Å². The lowest BCUT2D eigenvalue weighted by Crippen LogP contribution is -2.57. The summed E-state index contributed by atoms with van der Waals surface area (Å²) < 4.78 is 27.1. The van der Waals surface area contributed by atoms with Gasteiger partial charge >= 0.3 is 5.97 Å². The molecule has 1 aliphatic heterocycles. The van der Waals surface area contributed by atoms with Crippen LogP contribution in [0.1, 0.15) is 22.8 Å². The zero-order valence-corrected chi connectivity index (χ0v) is 23.8. The van der Waals surface area contributed by atoms with E-state index in [1.54, 1.807) is 37.3 Å². The van der Waals surface area contributed by atoms with Crippen LogP contribution < -0.4 is 10.1 Å².